The fourth-order valence-electron chi connectivity index (χ4n) is 3.32. The van der Waals surface area contributed by atoms with Crippen LogP contribution in [-0.4, -0.2) is 47.8 Å². The molecule has 0 aromatic heterocycles. The van der Waals surface area contributed by atoms with E-state index in [0.29, 0.717) is 31.7 Å². The van der Waals surface area contributed by atoms with E-state index in [1.807, 2.05) is 65.6 Å². The summed E-state index contributed by atoms with van der Waals surface area (Å²) >= 11 is 0. The Morgan fingerprint density at radius 3 is 2.00 bits per heavy atom. The molecular weight excluding hydrogens is 362 g/mol. The van der Waals surface area contributed by atoms with Gasteiger partial charge in [0.25, 0.3) is 5.91 Å². The van der Waals surface area contributed by atoms with E-state index in [4.69, 9.17) is 5.73 Å². The summed E-state index contributed by atoms with van der Waals surface area (Å²) in [6, 6.07) is 18.7. The molecule has 0 spiro atoms. The van der Waals surface area contributed by atoms with Crippen LogP contribution in [0.1, 0.15) is 29.3 Å². The number of nitrogens with two attached hydrogens (primary N) is 1. The summed E-state index contributed by atoms with van der Waals surface area (Å²) in [4.78, 5) is 29.3. The number of amides is 2. The average Bonchev–Trinajstić information content (AvgIpc) is 2.94. The highest BCUT2D eigenvalue weighted by molar-refractivity contribution is 5.94. The minimum absolute atomic E-state index is 0. The van der Waals surface area contributed by atoms with Crippen molar-refractivity contribution in [2.24, 2.45) is 5.73 Å². The smallest absolute Gasteiger partial charge is 0.253 e. The van der Waals surface area contributed by atoms with Gasteiger partial charge in [-0.15, -0.1) is 12.4 Å². The molecule has 2 aromatic carbocycles. The first-order valence-electron chi connectivity index (χ1n) is 8.98. The number of hydrogen-bond acceptors (Lipinski definition) is 3. The Morgan fingerprint density at radius 1 is 0.852 bits per heavy atom. The second kappa shape index (κ2) is 9.02. The topological polar surface area (TPSA) is 66.6 Å². The molecule has 2 amide bonds. The maximum Gasteiger partial charge on any atom is 0.253 e. The lowest BCUT2D eigenvalue weighted by Gasteiger charge is -2.31. The minimum Gasteiger partial charge on any atom is -0.339 e. The van der Waals surface area contributed by atoms with Gasteiger partial charge < -0.3 is 15.5 Å². The molecule has 0 bridgehead atoms. The summed E-state index contributed by atoms with van der Waals surface area (Å²) in [7, 11) is 0. The zero-order valence-electron chi connectivity index (χ0n) is 15.5. The van der Waals surface area contributed by atoms with Crippen molar-refractivity contribution in [1.29, 1.82) is 0 Å². The van der Waals surface area contributed by atoms with E-state index >= 15 is 0 Å². The van der Waals surface area contributed by atoms with Crippen LogP contribution in [0.25, 0.3) is 0 Å². The number of rotatable bonds is 3. The molecule has 144 valence electrons. The second-order valence-corrected chi connectivity index (χ2v) is 6.87. The Bertz CT molecular complexity index is 766. The fourth-order valence-corrected chi connectivity index (χ4v) is 3.32. The number of benzene rings is 2. The van der Waals surface area contributed by atoms with Crippen molar-refractivity contribution in [1.82, 2.24) is 9.80 Å². The summed E-state index contributed by atoms with van der Waals surface area (Å²) in [6.45, 7) is 4.02. The van der Waals surface area contributed by atoms with Gasteiger partial charge in [0, 0.05) is 31.7 Å². The van der Waals surface area contributed by atoms with Crippen LogP contribution in [-0.2, 0) is 10.3 Å². The summed E-state index contributed by atoms with van der Waals surface area (Å²) in [5.74, 6) is -0.0869. The van der Waals surface area contributed by atoms with Crippen molar-refractivity contribution in [3.8, 4) is 0 Å². The van der Waals surface area contributed by atoms with E-state index in [2.05, 4.69) is 0 Å². The van der Waals surface area contributed by atoms with Crippen LogP contribution in [0.2, 0.25) is 0 Å². The fraction of sp³-hybridized carbons (Fsp3) is 0.333. The van der Waals surface area contributed by atoms with E-state index < -0.39 is 5.54 Å². The lowest BCUT2D eigenvalue weighted by molar-refractivity contribution is -0.136. The van der Waals surface area contributed by atoms with Gasteiger partial charge in [-0.25, -0.2) is 0 Å². The molecular formula is C21H26ClN3O2. The van der Waals surface area contributed by atoms with Gasteiger partial charge in [0.05, 0.1) is 0 Å². The second-order valence-electron chi connectivity index (χ2n) is 6.87. The maximum atomic E-state index is 13.0. The Hall–Kier alpha value is -2.37. The molecule has 1 unspecified atom stereocenters. The highest BCUT2D eigenvalue weighted by atomic mass is 35.5. The van der Waals surface area contributed by atoms with Crippen LogP contribution >= 0.6 is 12.4 Å². The molecule has 5 nitrogen and oxygen atoms in total. The molecule has 1 saturated heterocycles. The van der Waals surface area contributed by atoms with Gasteiger partial charge in [-0.1, -0.05) is 48.5 Å². The third-order valence-electron chi connectivity index (χ3n) is 4.91. The van der Waals surface area contributed by atoms with Crippen molar-refractivity contribution in [3.05, 3.63) is 71.8 Å². The van der Waals surface area contributed by atoms with Crippen molar-refractivity contribution >= 4 is 24.2 Å². The van der Waals surface area contributed by atoms with Crippen molar-refractivity contribution in [2.75, 3.05) is 26.2 Å². The Kier molecular flexibility index (Phi) is 6.99. The molecule has 27 heavy (non-hydrogen) atoms. The van der Waals surface area contributed by atoms with Crippen molar-refractivity contribution in [3.63, 3.8) is 0 Å². The van der Waals surface area contributed by atoms with Crippen LogP contribution < -0.4 is 5.73 Å². The summed E-state index contributed by atoms with van der Waals surface area (Å²) in [5.41, 5.74) is 6.79. The molecule has 0 aliphatic carbocycles. The van der Waals surface area contributed by atoms with Crippen molar-refractivity contribution in [2.45, 2.75) is 18.9 Å². The molecule has 1 aliphatic heterocycles. The molecule has 3 rings (SSSR count). The lowest BCUT2D eigenvalue weighted by atomic mass is 9.91. The average molecular weight is 388 g/mol. The number of carbonyl (C=O) groups is 2. The first kappa shape index (κ1) is 20.9. The molecule has 1 fully saturated rings. The van der Waals surface area contributed by atoms with Crippen LogP contribution in [0, 0.1) is 0 Å². The summed E-state index contributed by atoms with van der Waals surface area (Å²) in [5, 5.41) is 0. The first-order chi connectivity index (χ1) is 12.5. The van der Waals surface area contributed by atoms with Gasteiger partial charge in [-0.3, -0.25) is 9.59 Å². The van der Waals surface area contributed by atoms with E-state index in [-0.39, 0.29) is 24.2 Å². The standard InChI is InChI=1S/C21H25N3O2.ClH/c1-21(22,18-11-6-3-7-12-18)20(26)24-14-8-13-23(15-16-24)19(25)17-9-4-2-5-10-17;/h2-7,9-12H,8,13-16,22H2,1H3;1H. The first-order valence-corrected chi connectivity index (χ1v) is 8.98. The molecule has 1 heterocycles. The molecule has 0 radical (unpaired) electrons. The SMILES string of the molecule is CC(N)(C(=O)N1CCCN(C(=O)c2ccccc2)CC1)c1ccccc1.Cl. The molecule has 2 aromatic rings. The molecule has 1 atom stereocenters. The Morgan fingerprint density at radius 2 is 1.37 bits per heavy atom. The lowest BCUT2D eigenvalue weighted by Crippen LogP contribution is -2.51. The van der Waals surface area contributed by atoms with Gasteiger partial charge in [-0.2, -0.15) is 0 Å². The minimum atomic E-state index is -1.07. The van der Waals surface area contributed by atoms with E-state index in [1.54, 1.807) is 11.8 Å². The van der Waals surface area contributed by atoms with Crippen molar-refractivity contribution < 1.29 is 9.59 Å². The van der Waals surface area contributed by atoms with Crippen LogP contribution in [0.4, 0.5) is 0 Å². The summed E-state index contributed by atoms with van der Waals surface area (Å²) in [6.07, 6.45) is 0.745. The largest absolute Gasteiger partial charge is 0.339 e. The van der Waals surface area contributed by atoms with Gasteiger partial charge >= 0.3 is 0 Å². The van der Waals surface area contributed by atoms with Gasteiger partial charge in [-0.05, 0) is 31.0 Å². The van der Waals surface area contributed by atoms with Crippen LogP contribution in [0.15, 0.2) is 60.7 Å². The normalized spacial score (nSPS) is 16.7. The number of hydrogen-bond donors (Lipinski definition) is 1. The quantitative estimate of drug-likeness (QED) is 0.880. The molecule has 6 heteroatoms. The Balaban J connectivity index is 0.00000261. The van der Waals surface area contributed by atoms with Crippen LogP contribution in [0.5, 0.6) is 0 Å². The van der Waals surface area contributed by atoms with E-state index in [9.17, 15) is 9.59 Å². The highest BCUT2D eigenvalue weighted by Gasteiger charge is 2.35. The van der Waals surface area contributed by atoms with E-state index in [1.165, 1.54) is 0 Å². The molecule has 0 saturated carbocycles. The predicted molar refractivity (Wildman–Crippen MR) is 109 cm³/mol. The third-order valence-corrected chi connectivity index (χ3v) is 4.91. The number of carbonyl (C=O) groups excluding carboxylic acids is 2. The van der Waals surface area contributed by atoms with Gasteiger partial charge in [0.15, 0.2) is 0 Å². The van der Waals surface area contributed by atoms with Gasteiger partial charge in [0.1, 0.15) is 5.54 Å². The zero-order chi connectivity index (χ0) is 18.6. The number of nitrogens with zero attached hydrogens (tertiary/aromatic N) is 2. The monoisotopic (exact) mass is 387 g/mol. The third kappa shape index (κ3) is 4.67. The maximum absolute atomic E-state index is 13.0. The summed E-state index contributed by atoms with van der Waals surface area (Å²) < 4.78 is 0. The zero-order valence-corrected chi connectivity index (χ0v) is 16.3. The molecule has 1 aliphatic rings. The number of halogens is 1. The highest BCUT2D eigenvalue weighted by Crippen LogP contribution is 2.21. The van der Waals surface area contributed by atoms with E-state index in [0.717, 1.165) is 12.0 Å². The van der Waals surface area contributed by atoms with Gasteiger partial charge in [0.2, 0.25) is 5.91 Å². The predicted octanol–water partition coefficient (Wildman–Crippen LogP) is 2.66. The molecule has 2 N–H and O–H groups in total. The Labute approximate surface area is 166 Å². The van der Waals surface area contributed by atoms with Crippen LogP contribution in [0.3, 0.4) is 0 Å².